The summed E-state index contributed by atoms with van der Waals surface area (Å²) in [6.07, 6.45) is -0.443. The van der Waals surface area contributed by atoms with Gasteiger partial charge in [-0.15, -0.1) is 0 Å². The maximum atomic E-state index is 11.1. The van der Waals surface area contributed by atoms with Crippen LogP contribution in [0.1, 0.15) is 27.7 Å². The minimum Gasteiger partial charge on any atom is -0.444 e. The molecule has 0 heterocycles. The van der Waals surface area contributed by atoms with E-state index in [0.717, 1.165) is 0 Å². The standard InChI is InChI=1S/C9H17NO3S/c1-7(11)14-6-5-10-8(12)13-9(2,3)4/h5-6H2,1-4H3,(H,10,12). The molecule has 82 valence electrons. The summed E-state index contributed by atoms with van der Waals surface area (Å²) in [5.41, 5.74) is -0.474. The van der Waals surface area contributed by atoms with Crippen LogP contribution in [0.3, 0.4) is 0 Å². The number of alkyl carbamates (subject to hydrolysis) is 1. The Morgan fingerprint density at radius 3 is 2.36 bits per heavy atom. The number of ether oxygens (including phenoxy) is 1. The van der Waals surface area contributed by atoms with Gasteiger partial charge in [-0.2, -0.15) is 0 Å². The number of carbonyl (C=O) groups excluding carboxylic acids is 2. The van der Waals surface area contributed by atoms with Crippen molar-refractivity contribution in [2.45, 2.75) is 33.3 Å². The lowest BCUT2D eigenvalue weighted by molar-refractivity contribution is -0.109. The second-order valence-corrected chi connectivity index (χ2v) is 5.04. The minimum atomic E-state index is -0.474. The highest BCUT2D eigenvalue weighted by atomic mass is 32.2. The van der Waals surface area contributed by atoms with Gasteiger partial charge in [0.25, 0.3) is 0 Å². The normalized spacial score (nSPS) is 10.9. The molecule has 0 spiro atoms. The van der Waals surface area contributed by atoms with Gasteiger partial charge in [0, 0.05) is 19.2 Å². The van der Waals surface area contributed by atoms with Gasteiger partial charge in [-0.3, -0.25) is 4.79 Å². The van der Waals surface area contributed by atoms with Crippen LogP contribution in [0.4, 0.5) is 4.79 Å². The molecule has 0 rings (SSSR count). The zero-order valence-electron chi connectivity index (χ0n) is 9.05. The maximum Gasteiger partial charge on any atom is 0.407 e. The van der Waals surface area contributed by atoms with Crippen LogP contribution in [0.15, 0.2) is 0 Å². The molecule has 4 nitrogen and oxygen atoms in total. The van der Waals surface area contributed by atoms with Gasteiger partial charge >= 0.3 is 6.09 Å². The average molecular weight is 219 g/mol. The molecule has 0 saturated heterocycles. The molecule has 0 aromatic heterocycles. The van der Waals surface area contributed by atoms with Gasteiger partial charge in [0.1, 0.15) is 5.60 Å². The summed E-state index contributed by atoms with van der Waals surface area (Å²) in [6, 6.07) is 0. The molecule has 0 aromatic rings. The SMILES string of the molecule is CC(=O)SCCNC(=O)OC(C)(C)C. The van der Waals surface area contributed by atoms with E-state index in [2.05, 4.69) is 5.32 Å². The van der Waals surface area contributed by atoms with Crippen LogP contribution in [0.2, 0.25) is 0 Å². The van der Waals surface area contributed by atoms with Crippen LogP contribution >= 0.6 is 11.8 Å². The zero-order valence-corrected chi connectivity index (χ0v) is 9.86. The molecule has 14 heavy (non-hydrogen) atoms. The second kappa shape index (κ2) is 5.90. The molecule has 0 aliphatic heterocycles. The minimum absolute atomic E-state index is 0.0518. The molecular weight excluding hydrogens is 202 g/mol. The van der Waals surface area contributed by atoms with Crippen LogP contribution in [0, 0.1) is 0 Å². The van der Waals surface area contributed by atoms with Crippen molar-refractivity contribution in [2.24, 2.45) is 0 Å². The molecule has 0 atom stereocenters. The van der Waals surface area contributed by atoms with E-state index in [4.69, 9.17) is 4.74 Å². The average Bonchev–Trinajstić information content (AvgIpc) is 1.94. The Bertz CT molecular complexity index is 211. The first kappa shape index (κ1) is 13.3. The molecule has 0 fully saturated rings. The lowest BCUT2D eigenvalue weighted by Gasteiger charge is -2.19. The third kappa shape index (κ3) is 9.38. The third-order valence-corrected chi connectivity index (χ3v) is 1.89. The van der Waals surface area contributed by atoms with Gasteiger partial charge < -0.3 is 10.1 Å². The maximum absolute atomic E-state index is 11.1. The van der Waals surface area contributed by atoms with Gasteiger partial charge in [-0.05, 0) is 20.8 Å². The molecule has 0 bridgehead atoms. The number of thioether (sulfide) groups is 1. The van der Waals surface area contributed by atoms with E-state index < -0.39 is 11.7 Å². The van der Waals surface area contributed by atoms with Crippen molar-refractivity contribution in [3.63, 3.8) is 0 Å². The van der Waals surface area contributed by atoms with Crippen LogP contribution in [0.25, 0.3) is 0 Å². The first-order chi connectivity index (χ1) is 6.31. The Kier molecular flexibility index (Phi) is 5.60. The molecule has 0 unspecified atom stereocenters. The topological polar surface area (TPSA) is 55.4 Å². The summed E-state index contributed by atoms with van der Waals surface area (Å²) in [6.45, 7) is 7.35. The largest absolute Gasteiger partial charge is 0.444 e. The zero-order chi connectivity index (χ0) is 11.2. The number of nitrogens with one attached hydrogen (secondary N) is 1. The lowest BCUT2D eigenvalue weighted by Crippen LogP contribution is -2.33. The third-order valence-electron chi connectivity index (χ3n) is 1.08. The van der Waals surface area contributed by atoms with E-state index in [9.17, 15) is 9.59 Å². The highest BCUT2D eigenvalue weighted by molar-refractivity contribution is 8.13. The first-order valence-electron chi connectivity index (χ1n) is 4.41. The van der Waals surface area contributed by atoms with Crippen molar-refractivity contribution in [2.75, 3.05) is 12.3 Å². The fourth-order valence-electron chi connectivity index (χ4n) is 0.662. The number of hydrogen-bond acceptors (Lipinski definition) is 4. The van der Waals surface area contributed by atoms with Gasteiger partial charge in [0.05, 0.1) is 0 Å². The molecule has 0 radical (unpaired) electrons. The number of amides is 1. The molecule has 0 aromatic carbocycles. The van der Waals surface area contributed by atoms with Crippen LogP contribution < -0.4 is 5.32 Å². The summed E-state index contributed by atoms with van der Waals surface area (Å²) >= 11 is 1.18. The molecule has 0 aliphatic carbocycles. The monoisotopic (exact) mass is 219 g/mol. The van der Waals surface area contributed by atoms with Gasteiger partial charge in [0.2, 0.25) is 0 Å². The predicted octanol–water partition coefficient (Wildman–Crippen LogP) is 1.79. The van der Waals surface area contributed by atoms with Crippen molar-refractivity contribution in [3.8, 4) is 0 Å². The van der Waals surface area contributed by atoms with Crippen LogP contribution in [-0.4, -0.2) is 29.1 Å². The lowest BCUT2D eigenvalue weighted by atomic mass is 10.2. The fourth-order valence-corrected chi connectivity index (χ4v) is 1.15. The molecule has 0 saturated carbocycles. The molecule has 5 heteroatoms. The number of hydrogen-bond donors (Lipinski definition) is 1. The summed E-state index contributed by atoms with van der Waals surface area (Å²) < 4.78 is 5.00. The molecule has 1 N–H and O–H groups in total. The van der Waals surface area contributed by atoms with Crippen molar-refractivity contribution >= 4 is 23.0 Å². The van der Waals surface area contributed by atoms with Crippen molar-refractivity contribution < 1.29 is 14.3 Å². The highest BCUT2D eigenvalue weighted by Crippen LogP contribution is 2.06. The van der Waals surface area contributed by atoms with Gasteiger partial charge in [-0.1, -0.05) is 11.8 Å². The molecule has 1 amide bonds. The van der Waals surface area contributed by atoms with E-state index in [0.29, 0.717) is 12.3 Å². The molecule has 0 aliphatic rings. The molecular formula is C9H17NO3S. The fraction of sp³-hybridized carbons (Fsp3) is 0.778. The van der Waals surface area contributed by atoms with E-state index >= 15 is 0 Å². The van der Waals surface area contributed by atoms with E-state index in [1.807, 2.05) is 0 Å². The first-order valence-corrected chi connectivity index (χ1v) is 5.40. The van der Waals surface area contributed by atoms with Gasteiger partial charge in [-0.25, -0.2) is 4.79 Å². The van der Waals surface area contributed by atoms with E-state index in [1.165, 1.54) is 18.7 Å². The predicted molar refractivity (Wildman–Crippen MR) is 57.4 cm³/mol. The highest BCUT2D eigenvalue weighted by Gasteiger charge is 2.15. The summed E-state index contributed by atoms with van der Waals surface area (Å²) in [5.74, 6) is 0.578. The summed E-state index contributed by atoms with van der Waals surface area (Å²) in [5, 5.41) is 2.61. The van der Waals surface area contributed by atoms with E-state index in [1.54, 1.807) is 20.8 Å². The Balaban J connectivity index is 3.50. The Morgan fingerprint density at radius 1 is 1.36 bits per heavy atom. The summed E-state index contributed by atoms with van der Waals surface area (Å²) in [4.78, 5) is 21.6. The Morgan fingerprint density at radius 2 is 1.93 bits per heavy atom. The van der Waals surface area contributed by atoms with Crippen LogP contribution in [-0.2, 0) is 9.53 Å². The van der Waals surface area contributed by atoms with Gasteiger partial charge in [0.15, 0.2) is 5.12 Å². The number of rotatable bonds is 3. The van der Waals surface area contributed by atoms with Crippen molar-refractivity contribution in [1.29, 1.82) is 0 Å². The van der Waals surface area contributed by atoms with Crippen molar-refractivity contribution in [1.82, 2.24) is 5.32 Å². The smallest absolute Gasteiger partial charge is 0.407 e. The van der Waals surface area contributed by atoms with Crippen LogP contribution in [0.5, 0.6) is 0 Å². The Hall–Kier alpha value is -0.710. The quantitative estimate of drug-likeness (QED) is 0.735. The Labute approximate surface area is 88.8 Å². The van der Waals surface area contributed by atoms with E-state index in [-0.39, 0.29) is 5.12 Å². The van der Waals surface area contributed by atoms with Crippen molar-refractivity contribution in [3.05, 3.63) is 0 Å². The second-order valence-electron chi connectivity index (χ2n) is 3.77. The number of carbonyl (C=O) groups is 2. The summed E-state index contributed by atoms with van der Waals surface area (Å²) in [7, 11) is 0.